The molecule has 2 radical (unpaired) electrons. The van der Waals surface area contributed by atoms with Crippen LogP contribution in [0.5, 0.6) is 0 Å². The lowest BCUT2D eigenvalue weighted by Gasteiger charge is -2.17. The van der Waals surface area contributed by atoms with Crippen LogP contribution in [0, 0.1) is 11.3 Å². The molecule has 2 rings (SSSR count). The molecule has 138 valence electrons. The first-order valence-corrected chi connectivity index (χ1v) is 10.2. The average Bonchev–Trinajstić information content (AvgIpc) is 2.64. The topological polar surface area (TPSA) is 88.4 Å². The average molecular weight is 382 g/mol. The summed E-state index contributed by atoms with van der Waals surface area (Å²) in [5, 5.41) is 11.8. The number of benzene rings is 2. The van der Waals surface area contributed by atoms with Crippen LogP contribution in [0.1, 0.15) is 35.3 Å². The second-order valence-corrected chi connectivity index (χ2v) is 7.73. The lowest BCUT2D eigenvalue weighted by Crippen LogP contribution is -2.14. The molecule has 0 aliphatic heterocycles. The Labute approximate surface area is 160 Å². The normalized spacial score (nSPS) is 11.0. The van der Waals surface area contributed by atoms with Crippen molar-refractivity contribution in [3.8, 4) is 6.07 Å². The fourth-order valence-corrected chi connectivity index (χ4v) is 4.17. The molecule has 27 heavy (non-hydrogen) atoms. The number of rotatable bonds is 8. The molecule has 0 aromatic heterocycles. The van der Waals surface area contributed by atoms with Crippen molar-refractivity contribution in [1.82, 2.24) is 0 Å². The first-order chi connectivity index (χ1) is 12.9. The highest BCUT2D eigenvalue weighted by atomic mass is 31.2. The van der Waals surface area contributed by atoms with E-state index >= 15 is 0 Å². The number of nitrogens with zero attached hydrogens (tertiary/aromatic N) is 1. The first kappa shape index (κ1) is 20.9. The minimum atomic E-state index is -3.20. The monoisotopic (exact) mass is 382 g/mol. The zero-order chi connectivity index (χ0) is 19.9. The zero-order valence-corrected chi connectivity index (χ0v) is 16.2. The van der Waals surface area contributed by atoms with Crippen molar-refractivity contribution in [3.63, 3.8) is 0 Å². The summed E-state index contributed by atoms with van der Waals surface area (Å²) >= 11 is 0. The fourth-order valence-electron chi connectivity index (χ4n) is 2.46. The Kier molecular flexibility index (Phi) is 7.38. The molecular formula is C19H20BN2O4P. The second kappa shape index (κ2) is 9.52. The predicted octanol–water partition coefficient (Wildman–Crippen LogP) is 3.37. The Morgan fingerprint density at radius 1 is 1.15 bits per heavy atom. The summed E-state index contributed by atoms with van der Waals surface area (Å²) in [7, 11) is 2.45. The Morgan fingerprint density at radius 2 is 1.78 bits per heavy atom. The maximum Gasteiger partial charge on any atom is 0.335 e. The van der Waals surface area contributed by atoms with E-state index in [2.05, 4.69) is 5.32 Å². The number of nitriles is 1. The number of anilines is 1. The van der Waals surface area contributed by atoms with Crippen molar-refractivity contribution >= 4 is 32.5 Å². The van der Waals surface area contributed by atoms with Crippen LogP contribution in [0.15, 0.2) is 42.5 Å². The zero-order valence-electron chi connectivity index (χ0n) is 15.3. The predicted molar refractivity (Wildman–Crippen MR) is 106 cm³/mol. The molecular weight excluding hydrogens is 362 g/mol. The summed E-state index contributed by atoms with van der Waals surface area (Å²) < 4.78 is 23.1. The molecule has 0 spiro atoms. The van der Waals surface area contributed by atoms with E-state index in [0.717, 1.165) is 5.56 Å². The van der Waals surface area contributed by atoms with Crippen LogP contribution in [0.4, 0.5) is 5.69 Å². The van der Waals surface area contributed by atoms with Crippen molar-refractivity contribution in [2.45, 2.75) is 20.0 Å². The van der Waals surface area contributed by atoms with Crippen LogP contribution in [0.2, 0.25) is 0 Å². The van der Waals surface area contributed by atoms with Crippen molar-refractivity contribution < 1.29 is 18.4 Å². The highest BCUT2D eigenvalue weighted by molar-refractivity contribution is 7.53. The van der Waals surface area contributed by atoms with E-state index in [1.165, 1.54) is 6.07 Å². The van der Waals surface area contributed by atoms with Gasteiger partial charge in [-0.2, -0.15) is 5.26 Å². The standard InChI is InChI=1S/C19H20BN2O4P/c1-3-25-27(24,26-4-2)13-14-5-7-15(8-6-14)19(23)22-18-10-9-17(20)11-16(18)12-21/h5-11H,3-4,13H2,1-2H3,(H,22,23). The van der Waals surface area contributed by atoms with Gasteiger partial charge in [-0.1, -0.05) is 23.7 Å². The van der Waals surface area contributed by atoms with E-state index in [1.54, 1.807) is 50.2 Å². The van der Waals surface area contributed by atoms with E-state index in [-0.39, 0.29) is 17.6 Å². The van der Waals surface area contributed by atoms with Crippen LogP contribution >= 0.6 is 7.60 Å². The Morgan fingerprint density at radius 3 is 2.33 bits per heavy atom. The first-order valence-electron chi connectivity index (χ1n) is 8.48. The van der Waals surface area contributed by atoms with Gasteiger partial charge in [-0.15, -0.1) is 0 Å². The molecule has 0 unspecified atom stereocenters. The van der Waals surface area contributed by atoms with Crippen LogP contribution in [0.3, 0.4) is 0 Å². The van der Waals surface area contributed by atoms with E-state index in [4.69, 9.17) is 22.2 Å². The van der Waals surface area contributed by atoms with Crippen LogP contribution in [-0.2, 0) is 19.8 Å². The minimum absolute atomic E-state index is 0.132. The van der Waals surface area contributed by atoms with Gasteiger partial charge in [0.2, 0.25) is 0 Å². The summed E-state index contributed by atoms with van der Waals surface area (Å²) in [6.45, 7) is 4.10. The van der Waals surface area contributed by atoms with Crippen LogP contribution in [-0.4, -0.2) is 27.0 Å². The Bertz CT molecular complexity index is 884. The fraction of sp³-hybridized carbons (Fsp3) is 0.263. The highest BCUT2D eigenvalue weighted by Gasteiger charge is 2.24. The summed E-state index contributed by atoms with van der Waals surface area (Å²) in [6, 6.07) is 13.3. The van der Waals surface area contributed by atoms with Gasteiger partial charge in [0, 0.05) is 5.56 Å². The third kappa shape index (κ3) is 5.80. The number of hydrogen-bond donors (Lipinski definition) is 1. The van der Waals surface area contributed by atoms with Gasteiger partial charge >= 0.3 is 7.60 Å². The molecule has 0 heterocycles. The van der Waals surface area contributed by atoms with Crippen molar-refractivity contribution in [2.24, 2.45) is 0 Å². The number of hydrogen-bond acceptors (Lipinski definition) is 5. The van der Waals surface area contributed by atoms with Gasteiger partial charge in [0.05, 0.1) is 30.6 Å². The molecule has 1 amide bonds. The molecule has 0 saturated heterocycles. The maximum atomic E-state index is 12.6. The number of carbonyl (C=O) groups is 1. The SMILES string of the molecule is [B]c1ccc(NC(=O)c2ccc(CP(=O)(OCC)OCC)cc2)c(C#N)c1. The number of nitrogens with one attached hydrogen (secondary N) is 1. The molecule has 0 saturated carbocycles. The van der Waals surface area contributed by atoms with Gasteiger partial charge in [-0.25, -0.2) is 0 Å². The molecule has 0 atom stereocenters. The smallest absolute Gasteiger partial charge is 0.321 e. The van der Waals surface area contributed by atoms with Gasteiger partial charge in [-0.05, 0) is 43.7 Å². The number of carbonyl (C=O) groups excluding carboxylic acids is 1. The summed E-state index contributed by atoms with van der Waals surface area (Å²) in [4.78, 5) is 12.4. The van der Waals surface area contributed by atoms with Gasteiger partial charge in [0.15, 0.2) is 0 Å². The molecule has 8 heteroatoms. The minimum Gasteiger partial charge on any atom is -0.321 e. The molecule has 0 aliphatic carbocycles. The third-order valence-electron chi connectivity index (χ3n) is 3.66. The lowest BCUT2D eigenvalue weighted by molar-refractivity contribution is 0.102. The molecule has 0 fully saturated rings. The Hall–Kier alpha value is -2.39. The van der Waals surface area contributed by atoms with E-state index in [0.29, 0.717) is 29.9 Å². The van der Waals surface area contributed by atoms with Crippen LogP contribution in [0.25, 0.3) is 0 Å². The molecule has 0 aliphatic rings. The van der Waals surface area contributed by atoms with Gasteiger partial charge in [0.1, 0.15) is 13.9 Å². The van der Waals surface area contributed by atoms with Gasteiger partial charge in [0.25, 0.3) is 5.91 Å². The van der Waals surface area contributed by atoms with Gasteiger partial charge in [-0.3, -0.25) is 9.36 Å². The maximum absolute atomic E-state index is 12.6. The van der Waals surface area contributed by atoms with E-state index in [9.17, 15) is 9.36 Å². The van der Waals surface area contributed by atoms with E-state index < -0.39 is 7.60 Å². The number of amides is 1. The Balaban J connectivity index is 2.12. The molecule has 1 N–H and O–H groups in total. The van der Waals surface area contributed by atoms with Crippen molar-refractivity contribution in [1.29, 1.82) is 5.26 Å². The van der Waals surface area contributed by atoms with Crippen molar-refractivity contribution in [2.75, 3.05) is 18.5 Å². The summed E-state index contributed by atoms with van der Waals surface area (Å²) in [5.41, 5.74) is 2.26. The third-order valence-corrected chi connectivity index (χ3v) is 5.71. The van der Waals surface area contributed by atoms with Crippen LogP contribution < -0.4 is 10.8 Å². The molecule has 6 nitrogen and oxygen atoms in total. The quantitative estimate of drug-likeness (QED) is 0.559. The summed E-state index contributed by atoms with van der Waals surface area (Å²) in [5.74, 6) is -0.361. The molecule has 2 aromatic carbocycles. The van der Waals surface area contributed by atoms with Crippen molar-refractivity contribution in [3.05, 3.63) is 59.2 Å². The molecule has 2 aromatic rings. The lowest BCUT2D eigenvalue weighted by atomic mass is 9.94. The summed E-state index contributed by atoms with van der Waals surface area (Å²) in [6.07, 6.45) is 0.132. The largest absolute Gasteiger partial charge is 0.335 e. The van der Waals surface area contributed by atoms with Gasteiger partial charge < -0.3 is 14.4 Å². The highest BCUT2D eigenvalue weighted by Crippen LogP contribution is 2.51. The van der Waals surface area contributed by atoms with E-state index in [1.807, 2.05) is 6.07 Å². The second-order valence-electron chi connectivity index (χ2n) is 5.67. The molecule has 0 bridgehead atoms.